The van der Waals surface area contributed by atoms with Crippen molar-refractivity contribution < 1.29 is 31.1 Å². The topological polar surface area (TPSA) is 49.4 Å². The molecule has 6 rings (SSSR count). The number of ether oxygens (including phenoxy) is 1. The van der Waals surface area contributed by atoms with Gasteiger partial charge in [0.2, 0.25) is 0 Å². The third-order valence-electron chi connectivity index (χ3n) is 8.29. The van der Waals surface area contributed by atoms with Gasteiger partial charge in [-0.2, -0.15) is 26.3 Å². The Morgan fingerprint density at radius 3 is 2.37 bits per heavy atom. The molecule has 0 saturated carbocycles. The number of nitrogens with one attached hydrogen (secondary N) is 2. The Kier molecular flexibility index (Phi) is 8.08. The van der Waals surface area contributed by atoms with Crippen LogP contribution in [-0.4, -0.2) is 41.2 Å². The predicted molar refractivity (Wildman–Crippen MR) is 149 cm³/mol. The van der Waals surface area contributed by atoms with Crippen LogP contribution in [-0.2, 0) is 12.4 Å². The lowest BCUT2D eigenvalue weighted by atomic mass is 9.72. The molecule has 0 aliphatic carbocycles. The third kappa shape index (κ3) is 6.23. The van der Waals surface area contributed by atoms with Gasteiger partial charge in [0, 0.05) is 29.9 Å². The first-order valence-electron chi connectivity index (χ1n) is 13.4. The molecule has 0 spiro atoms. The van der Waals surface area contributed by atoms with E-state index in [9.17, 15) is 26.3 Å². The van der Waals surface area contributed by atoms with Crippen LogP contribution in [0.5, 0.6) is 5.75 Å². The summed E-state index contributed by atoms with van der Waals surface area (Å²) in [5.41, 5.74) is -1.64. The van der Waals surface area contributed by atoms with E-state index < -0.39 is 35.2 Å². The molecule has 4 heterocycles. The number of piperidine rings is 3. The maximum atomic E-state index is 13.4. The van der Waals surface area contributed by atoms with Gasteiger partial charge >= 0.3 is 12.4 Å². The zero-order chi connectivity index (χ0) is 29.5. The zero-order valence-corrected chi connectivity index (χ0v) is 23.3. The number of benzene rings is 2. The van der Waals surface area contributed by atoms with Crippen molar-refractivity contribution in [3.05, 3.63) is 65.4 Å². The molecule has 5 nitrogen and oxygen atoms in total. The fraction of sp³-hybridized carbons (Fsp3) is 0.448. The van der Waals surface area contributed by atoms with Gasteiger partial charge in [0.25, 0.3) is 0 Å². The van der Waals surface area contributed by atoms with Crippen molar-refractivity contribution in [1.29, 1.82) is 0 Å². The number of thiocarbonyl (C=S) groups is 1. The van der Waals surface area contributed by atoms with Crippen LogP contribution in [0.4, 0.5) is 32.0 Å². The summed E-state index contributed by atoms with van der Waals surface area (Å²) in [5.74, 6) is 1.72. The predicted octanol–water partition coefficient (Wildman–Crippen LogP) is 7.43. The molecule has 3 aliphatic rings. The van der Waals surface area contributed by atoms with Gasteiger partial charge in [0.15, 0.2) is 5.11 Å². The summed E-state index contributed by atoms with van der Waals surface area (Å²) in [6.45, 7) is 4.00. The Hall–Kier alpha value is -3.12. The molecule has 0 amide bonds. The normalized spacial score (nSPS) is 23.3. The molecule has 41 heavy (non-hydrogen) atoms. The summed E-state index contributed by atoms with van der Waals surface area (Å²) in [4.78, 5) is 6.88. The number of pyridine rings is 1. The van der Waals surface area contributed by atoms with Gasteiger partial charge in [-0.15, -0.1) is 0 Å². The standard InChI is InChI=1S/C29H30F6N4OS/c1-3-16-15-39-9-7-17(16)10-25(39)26(22-6-8-36-24-5-4-21(40-2)14-23(22)24)38-27(41)37-20-12-18(28(30,31)32)11-19(13-20)29(33,34)35/h4-6,8,11-14,16-17,25-26H,3,7,9-10,15H2,1-2H3,(H2,37,38,41)/t16-,17-,25-,26?/m0/s1. The first-order valence-corrected chi connectivity index (χ1v) is 13.8. The highest BCUT2D eigenvalue weighted by atomic mass is 32.1. The maximum absolute atomic E-state index is 13.4. The summed E-state index contributed by atoms with van der Waals surface area (Å²) >= 11 is 5.51. The second-order valence-corrected chi connectivity index (χ2v) is 11.1. The van der Waals surface area contributed by atoms with Crippen molar-refractivity contribution in [2.45, 2.75) is 50.6 Å². The van der Waals surface area contributed by atoms with E-state index in [0.717, 1.165) is 48.8 Å². The molecule has 3 saturated heterocycles. The Morgan fingerprint density at radius 2 is 1.78 bits per heavy atom. The van der Waals surface area contributed by atoms with E-state index in [0.29, 0.717) is 29.7 Å². The number of alkyl halides is 6. The van der Waals surface area contributed by atoms with E-state index in [1.54, 1.807) is 19.4 Å². The molecular formula is C29H30F6N4OS. The van der Waals surface area contributed by atoms with Crippen molar-refractivity contribution >= 4 is 33.9 Å². The summed E-state index contributed by atoms with van der Waals surface area (Å²) in [5, 5.41) is 6.61. The number of hydrogen-bond donors (Lipinski definition) is 2. The monoisotopic (exact) mass is 596 g/mol. The van der Waals surface area contributed by atoms with E-state index in [-0.39, 0.29) is 17.2 Å². The fourth-order valence-corrected chi connectivity index (χ4v) is 6.50. The van der Waals surface area contributed by atoms with E-state index in [2.05, 4.69) is 27.4 Å². The highest BCUT2D eigenvalue weighted by Crippen LogP contribution is 2.43. The van der Waals surface area contributed by atoms with Crippen molar-refractivity contribution in [3.8, 4) is 5.75 Å². The van der Waals surface area contributed by atoms with Crippen LogP contribution in [0.3, 0.4) is 0 Å². The van der Waals surface area contributed by atoms with E-state index in [1.165, 1.54) is 0 Å². The number of nitrogens with zero attached hydrogens (tertiary/aromatic N) is 2. The second kappa shape index (κ2) is 11.3. The number of methoxy groups -OCH3 is 1. The first-order chi connectivity index (χ1) is 19.4. The number of halogens is 6. The van der Waals surface area contributed by atoms with Gasteiger partial charge < -0.3 is 15.4 Å². The van der Waals surface area contributed by atoms with Gasteiger partial charge in [0.1, 0.15) is 5.75 Å². The lowest BCUT2D eigenvalue weighted by Crippen LogP contribution is -2.58. The van der Waals surface area contributed by atoms with Crippen LogP contribution in [0.1, 0.15) is 48.9 Å². The number of anilines is 1. The van der Waals surface area contributed by atoms with Crippen LogP contribution < -0.4 is 15.4 Å². The molecule has 2 N–H and O–H groups in total. The lowest BCUT2D eigenvalue weighted by molar-refractivity contribution is -0.143. The first kappa shape index (κ1) is 29.4. The van der Waals surface area contributed by atoms with E-state index in [4.69, 9.17) is 17.0 Å². The average molecular weight is 597 g/mol. The fourth-order valence-electron chi connectivity index (χ4n) is 6.25. The van der Waals surface area contributed by atoms with Crippen LogP contribution in [0.2, 0.25) is 0 Å². The van der Waals surface area contributed by atoms with Crippen LogP contribution in [0.15, 0.2) is 48.7 Å². The molecule has 2 unspecified atom stereocenters. The molecular weight excluding hydrogens is 566 g/mol. The van der Waals surface area contributed by atoms with Crippen LogP contribution in [0, 0.1) is 11.8 Å². The number of rotatable bonds is 6. The summed E-state index contributed by atoms with van der Waals surface area (Å²) in [7, 11) is 1.56. The van der Waals surface area contributed by atoms with Crippen molar-refractivity contribution in [3.63, 3.8) is 0 Å². The zero-order valence-electron chi connectivity index (χ0n) is 22.4. The number of hydrogen-bond acceptors (Lipinski definition) is 4. The molecule has 3 aromatic rings. The van der Waals surface area contributed by atoms with E-state index >= 15 is 0 Å². The Bertz CT molecular complexity index is 1400. The average Bonchev–Trinajstić information content (AvgIpc) is 2.94. The molecule has 3 fully saturated rings. The maximum Gasteiger partial charge on any atom is 0.416 e. The highest BCUT2D eigenvalue weighted by Gasteiger charge is 2.43. The number of fused-ring (bicyclic) bond motifs is 4. The summed E-state index contributed by atoms with van der Waals surface area (Å²) < 4.78 is 86.1. The molecule has 12 heteroatoms. The van der Waals surface area contributed by atoms with Crippen LogP contribution in [0.25, 0.3) is 10.9 Å². The van der Waals surface area contributed by atoms with Crippen LogP contribution >= 0.6 is 12.2 Å². The Labute approximate surface area is 239 Å². The SMILES string of the molecule is CC[C@H]1CN2CC[C@H]1C[C@H]2C(NC(=S)Nc1cc(C(F)(F)F)cc(C(F)(F)F)c1)c1ccnc2ccc(OC)cc12. The van der Waals surface area contributed by atoms with Gasteiger partial charge in [-0.3, -0.25) is 9.88 Å². The molecule has 2 bridgehead atoms. The minimum atomic E-state index is -4.96. The van der Waals surface area contributed by atoms with Gasteiger partial charge in [0.05, 0.1) is 29.8 Å². The largest absolute Gasteiger partial charge is 0.497 e. The second-order valence-electron chi connectivity index (χ2n) is 10.7. The molecule has 2 aromatic carbocycles. The molecule has 1 aromatic heterocycles. The van der Waals surface area contributed by atoms with Crippen molar-refractivity contribution in [2.24, 2.45) is 11.8 Å². The van der Waals surface area contributed by atoms with Crippen molar-refractivity contribution in [1.82, 2.24) is 15.2 Å². The quantitative estimate of drug-likeness (QED) is 0.228. The molecule has 220 valence electrons. The van der Waals surface area contributed by atoms with Gasteiger partial charge in [-0.05, 0) is 91.5 Å². The van der Waals surface area contributed by atoms with Gasteiger partial charge in [-0.25, -0.2) is 0 Å². The minimum Gasteiger partial charge on any atom is -0.497 e. The molecule has 3 aliphatic heterocycles. The van der Waals surface area contributed by atoms with Gasteiger partial charge in [-0.1, -0.05) is 13.3 Å². The minimum absolute atomic E-state index is 0.000321. The molecule has 5 atom stereocenters. The third-order valence-corrected chi connectivity index (χ3v) is 8.51. The summed E-state index contributed by atoms with van der Waals surface area (Å²) in [6.07, 6.45) is -5.21. The smallest absolute Gasteiger partial charge is 0.416 e. The Balaban J connectivity index is 1.51. The van der Waals surface area contributed by atoms with Crippen molar-refractivity contribution in [2.75, 3.05) is 25.5 Å². The Morgan fingerprint density at radius 1 is 1.07 bits per heavy atom. The number of aromatic nitrogens is 1. The lowest BCUT2D eigenvalue weighted by Gasteiger charge is -2.52. The molecule has 0 radical (unpaired) electrons. The highest BCUT2D eigenvalue weighted by molar-refractivity contribution is 7.80. The summed E-state index contributed by atoms with van der Waals surface area (Å²) in [6, 6.07) is 8.32. The van der Waals surface area contributed by atoms with E-state index in [1.807, 2.05) is 18.2 Å².